The molecular formula is C16H16N2O3. The average molecular weight is 284 g/mol. The number of carbonyl (C=O) groups excluding carboxylic acids is 1. The SMILES string of the molecule is NC(C(=O)N(CC(=O)O)c1ccccc1)c1ccccc1. The number of carboxylic acids is 1. The fraction of sp³-hybridized carbons (Fsp3) is 0.125. The van der Waals surface area contributed by atoms with Crippen LogP contribution in [0, 0.1) is 0 Å². The summed E-state index contributed by atoms with van der Waals surface area (Å²) in [6, 6.07) is 16.6. The summed E-state index contributed by atoms with van der Waals surface area (Å²) in [5, 5.41) is 9.01. The molecule has 2 rings (SSSR count). The second kappa shape index (κ2) is 6.67. The molecule has 3 N–H and O–H groups in total. The molecule has 0 spiro atoms. The van der Waals surface area contributed by atoms with Crippen LogP contribution in [0.2, 0.25) is 0 Å². The highest BCUT2D eigenvalue weighted by Crippen LogP contribution is 2.19. The van der Waals surface area contributed by atoms with Crippen LogP contribution in [0.25, 0.3) is 0 Å². The summed E-state index contributed by atoms with van der Waals surface area (Å²) in [4.78, 5) is 24.7. The molecule has 0 aromatic heterocycles. The number of anilines is 1. The van der Waals surface area contributed by atoms with Crippen LogP contribution in [0.3, 0.4) is 0 Å². The van der Waals surface area contributed by atoms with E-state index in [-0.39, 0.29) is 0 Å². The Balaban J connectivity index is 2.28. The molecule has 0 saturated heterocycles. The second-order valence-corrected chi connectivity index (χ2v) is 4.54. The van der Waals surface area contributed by atoms with E-state index >= 15 is 0 Å². The number of carbonyl (C=O) groups is 2. The summed E-state index contributed by atoms with van der Waals surface area (Å²) in [6.07, 6.45) is 0. The third-order valence-corrected chi connectivity index (χ3v) is 3.05. The molecule has 5 heteroatoms. The molecule has 0 heterocycles. The zero-order valence-corrected chi connectivity index (χ0v) is 11.3. The Morgan fingerprint density at radius 2 is 1.52 bits per heavy atom. The number of aliphatic carboxylic acids is 1. The zero-order valence-electron chi connectivity index (χ0n) is 11.3. The maximum absolute atomic E-state index is 12.5. The first-order valence-corrected chi connectivity index (χ1v) is 6.48. The van der Waals surface area contributed by atoms with Crippen LogP contribution in [0.4, 0.5) is 5.69 Å². The fourth-order valence-corrected chi connectivity index (χ4v) is 2.01. The minimum Gasteiger partial charge on any atom is -0.480 e. The summed E-state index contributed by atoms with van der Waals surface area (Å²) < 4.78 is 0. The number of nitrogens with two attached hydrogens (primary N) is 1. The second-order valence-electron chi connectivity index (χ2n) is 4.54. The Bertz CT molecular complexity index is 614. The number of hydrogen-bond acceptors (Lipinski definition) is 3. The molecule has 0 aliphatic carbocycles. The minimum absolute atomic E-state index is 0.427. The van der Waals surface area contributed by atoms with Crippen molar-refractivity contribution in [3.63, 3.8) is 0 Å². The predicted molar refractivity (Wildman–Crippen MR) is 79.8 cm³/mol. The van der Waals surface area contributed by atoms with Gasteiger partial charge in [-0.25, -0.2) is 0 Å². The molecule has 108 valence electrons. The van der Waals surface area contributed by atoms with Crippen molar-refractivity contribution in [1.82, 2.24) is 0 Å². The van der Waals surface area contributed by atoms with Crippen LogP contribution in [-0.4, -0.2) is 23.5 Å². The molecule has 0 aliphatic heterocycles. The highest BCUT2D eigenvalue weighted by Gasteiger charge is 2.25. The molecule has 1 atom stereocenters. The van der Waals surface area contributed by atoms with Gasteiger partial charge in [0.05, 0.1) is 0 Å². The maximum Gasteiger partial charge on any atom is 0.323 e. The van der Waals surface area contributed by atoms with E-state index in [9.17, 15) is 9.59 Å². The lowest BCUT2D eigenvalue weighted by Gasteiger charge is -2.24. The van der Waals surface area contributed by atoms with E-state index in [1.165, 1.54) is 4.90 Å². The Labute approximate surface area is 122 Å². The largest absolute Gasteiger partial charge is 0.480 e. The number of benzene rings is 2. The molecule has 0 saturated carbocycles. The minimum atomic E-state index is -1.09. The van der Waals surface area contributed by atoms with E-state index in [4.69, 9.17) is 10.8 Å². The summed E-state index contributed by atoms with van der Waals surface area (Å²) in [5.41, 5.74) is 7.13. The number of hydrogen-bond donors (Lipinski definition) is 2. The smallest absolute Gasteiger partial charge is 0.323 e. The van der Waals surface area contributed by atoms with Crippen molar-refractivity contribution in [1.29, 1.82) is 0 Å². The van der Waals surface area contributed by atoms with E-state index in [1.807, 2.05) is 6.07 Å². The molecule has 1 amide bonds. The molecule has 1 unspecified atom stereocenters. The molecule has 21 heavy (non-hydrogen) atoms. The van der Waals surface area contributed by atoms with Crippen molar-refractivity contribution >= 4 is 17.6 Å². The highest BCUT2D eigenvalue weighted by molar-refractivity contribution is 6.00. The van der Waals surface area contributed by atoms with Crippen LogP contribution in [0.15, 0.2) is 60.7 Å². The molecule has 0 radical (unpaired) electrons. The van der Waals surface area contributed by atoms with Crippen LogP contribution in [0.1, 0.15) is 11.6 Å². The molecule has 2 aromatic carbocycles. The third kappa shape index (κ3) is 3.67. The van der Waals surface area contributed by atoms with Crippen molar-refractivity contribution < 1.29 is 14.7 Å². The van der Waals surface area contributed by atoms with E-state index in [0.717, 1.165) is 0 Å². The van der Waals surface area contributed by atoms with E-state index in [0.29, 0.717) is 11.3 Å². The van der Waals surface area contributed by atoms with Gasteiger partial charge in [0.1, 0.15) is 12.6 Å². The summed E-state index contributed by atoms with van der Waals surface area (Å²) in [5.74, 6) is -1.54. The number of amides is 1. The van der Waals surface area contributed by atoms with Crippen LogP contribution in [0.5, 0.6) is 0 Å². The van der Waals surface area contributed by atoms with Crippen LogP contribution < -0.4 is 10.6 Å². The van der Waals surface area contributed by atoms with Gasteiger partial charge in [0.2, 0.25) is 5.91 Å². The Morgan fingerprint density at radius 3 is 2.05 bits per heavy atom. The molecular weight excluding hydrogens is 268 g/mol. The first-order chi connectivity index (χ1) is 10.1. The third-order valence-electron chi connectivity index (χ3n) is 3.05. The van der Waals surface area contributed by atoms with Crippen molar-refractivity contribution in [3.8, 4) is 0 Å². The highest BCUT2D eigenvalue weighted by atomic mass is 16.4. The van der Waals surface area contributed by atoms with E-state index < -0.39 is 24.5 Å². The van der Waals surface area contributed by atoms with Gasteiger partial charge >= 0.3 is 5.97 Å². The van der Waals surface area contributed by atoms with Gasteiger partial charge in [-0.3, -0.25) is 14.5 Å². The standard InChI is InChI=1S/C16H16N2O3/c17-15(12-7-3-1-4-8-12)16(21)18(11-14(19)20)13-9-5-2-6-10-13/h1-10,15H,11,17H2,(H,19,20). The number of para-hydroxylation sites is 1. The van der Waals surface area contributed by atoms with Gasteiger partial charge in [0, 0.05) is 5.69 Å². The Hall–Kier alpha value is -2.66. The first kappa shape index (κ1) is 14.7. The van der Waals surface area contributed by atoms with Crippen molar-refractivity contribution in [2.75, 3.05) is 11.4 Å². The quantitative estimate of drug-likeness (QED) is 0.877. The van der Waals surface area contributed by atoms with Gasteiger partial charge in [-0.05, 0) is 17.7 Å². The van der Waals surface area contributed by atoms with Crippen molar-refractivity contribution in [2.24, 2.45) is 5.73 Å². The predicted octanol–water partition coefficient (Wildman–Crippen LogP) is 1.80. The van der Waals surface area contributed by atoms with Gasteiger partial charge in [-0.2, -0.15) is 0 Å². The number of rotatable bonds is 5. The van der Waals surface area contributed by atoms with Gasteiger partial charge in [-0.1, -0.05) is 48.5 Å². The fourth-order valence-electron chi connectivity index (χ4n) is 2.01. The molecule has 0 bridgehead atoms. The summed E-state index contributed by atoms with van der Waals surface area (Å²) in [6.45, 7) is -0.427. The van der Waals surface area contributed by atoms with Crippen LogP contribution in [-0.2, 0) is 9.59 Å². The first-order valence-electron chi connectivity index (χ1n) is 6.48. The van der Waals surface area contributed by atoms with Gasteiger partial charge in [-0.15, -0.1) is 0 Å². The van der Waals surface area contributed by atoms with Gasteiger partial charge < -0.3 is 10.8 Å². The van der Waals surface area contributed by atoms with E-state index in [1.54, 1.807) is 54.6 Å². The summed E-state index contributed by atoms with van der Waals surface area (Å²) in [7, 11) is 0. The Morgan fingerprint density at radius 1 is 1.00 bits per heavy atom. The number of nitrogens with zero attached hydrogens (tertiary/aromatic N) is 1. The lowest BCUT2D eigenvalue weighted by molar-refractivity contribution is -0.136. The topological polar surface area (TPSA) is 83.6 Å². The normalized spacial score (nSPS) is 11.7. The molecule has 5 nitrogen and oxygen atoms in total. The summed E-state index contributed by atoms with van der Waals surface area (Å²) >= 11 is 0. The molecule has 0 fully saturated rings. The molecule has 0 aliphatic rings. The van der Waals surface area contributed by atoms with Gasteiger partial charge in [0.25, 0.3) is 0 Å². The van der Waals surface area contributed by atoms with Crippen molar-refractivity contribution in [3.05, 3.63) is 66.2 Å². The zero-order chi connectivity index (χ0) is 15.2. The van der Waals surface area contributed by atoms with Gasteiger partial charge in [0.15, 0.2) is 0 Å². The Kier molecular flexibility index (Phi) is 4.68. The van der Waals surface area contributed by atoms with E-state index in [2.05, 4.69) is 0 Å². The maximum atomic E-state index is 12.5. The number of carboxylic acid groups (broad SMARTS) is 1. The monoisotopic (exact) mass is 284 g/mol. The average Bonchev–Trinajstić information content (AvgIpc) is 2.53. The lowest BCUT2D eigenvalue weighted by atomic mass is 10.1. The molecule has 2 aromatic rings. The lowest BCUT2D eigenvalue weighted by Crippen LogP contribution is -2.41. The van der Waals surface area contributed by atoms with Crippen molar-refractivity contribution in [2.45, 2.75) is 6.04 Å². The van der Waals surface area contributed by atoms with Crippen LogP contribution >= 0.6 is 0 Å².